The molecule has 0 spiro atoms. The van der Waals surface area contributed by atoms with Crippen LogP contribution < -0.4 is 10.6 Å². The van der Waals surface area contributed by atoms with Gasteiger partial charge in [-0.15, -0.1) is 0 Å². The van der Waals surface area contributed by atoms with Crippen molar-refractivity contribution in [2.24, 2.45) is 5.92 Å². The molecule has 1 aliphatic rings. The number of aliphatic hydroxyl groups excluding tert-OH is 1. The van der Waals surface area contributed by atoms with Gasteiger partial charge in [0.05, 0.1) is 12.6 Å². The number of halogens is 1. The second-order valence-corrected chi connectivity index (χ2v) is 11.2. The fourth-order valence-corrected chi connectivity index (χ4v) is 5.49. The summed E-state index contributed by atoms with van der Waals surface area (Å²) in [5.74, 6) is -0.0691. The third-order valence-electron chi connectivity index (χ3n) is 7.68. The third-order valence-corrected chi connectivity index (χ3v) is 7.92. The molecule has 0 heterocycles. The number of ether oxygens (including phenoxy) is 1. The molecule has 9 heteroatoms. The van der Waals surface area contributed by atoms with Crippen molar-refractivity contribution in [1.82, 2.24) is 15.5 Å². The van der Waals surface area contributed by atoms with E-state index in [2.05, 4.69) is 10.6 Å². The molecular weight excluding hydrogens is 542 g/mol. The molecule has 3 rings (SSSR count). The number of alkyl carbamates (subject to hydrolysis) is 1. The number of rotatable bonds is 15. The highest BCUT2D eigenvalue weighted by atomic mass is 35.5. The summed E-state index contributed by atoms with van der Waals surface area (Å²) in [6, 6.07) is 15.7. The highest BCUT2D eigenvalue weighted by molar-refractivity contribution is 6.30. The molecule has 3 amide bonds. The lowest BCUT2D eigenvalue weighted by molar-refractivity contribution is -0.132. The number of aliphatic hydroxyl groups is 1. The van der Waals surface area contributed by atoms with E-state index in [0.717, 1.165) is 37.7 Å². The van der Waals surface area contributed by atoms with E-state index in [9.17, 15) is 19.5 Å². The van der Waals surface area contributed by atoms with Gasteiger partial charge in [-0.2, -0.15) is 0 Å². The molecule has 0 aromatic heterocycles. The molecule has 1 aliphatic carbocycles. The smallest absolute Gasteiger partial charge is 0.408 e. The van der Waals surface area contributed by atoms with Crippen molar-refractivity contribution >= 4 is 29.5 Å². The molecule has 0 saturated heterocycles. The van der Waals surface area contributed by atoms with Crippen LogP contribution in [0, 0.1) is 5.92 Å². The Kier molecular flexibility index (Phi) is 14.0. The van der Waals surface area contributed by atoms with Gasteiger partial charge in [-0.3, -0.25) is 9.59 Å². The second-order valence-electron chi connectivity index (χ2n) is 10.8. The summed E-state index contributed by atoms with van der Waals surface area (Å²) >= 11 is 6.02. The van der Waals surface area contributed by atoms with Gasteiger partial charge in [-0.05, 0) is 55.4 Å². The van der Waals surface area contributed by atoms with E-state index in [4.69, 9.17) is 16.3 Å². The number of likely N-dealkylation sites (N-methyl/N-ethyl adjacent to an activating group) is 1. The zero-order chi connectivity index (χ0) is 29.5. The van der Waals surface area contributed by atoms with Crippen molar-refractivity contribution in [3.8, 4) is 0 Å². The maximum absolute atomic E-state index is 13.3. The maximum atomic E-state index is 13.3. The normalized spacial score (nSPS) is 15.0. The van der Waals surface area contributed by atoms with E-state index in [1.165, 1.54) is 12.0 Å². The predicted molar refractivity (Wildman–Crippen MR) is 160 cm³/mol. The van der Waals surface area contributed by atoms with Crippen LogP contribution >= 0.6 is 11.6 Å². The molecule has 2 aromatic rings. The Labute approximate surface area is 248 Å². The van der Waals surface area contributed by atoms with Crippen LogP contribution in [-0.4, -0.2) is 59.7 Å². The molecule has 2 atom stereocenters. The van der Waals surface area contributed by atoms with Crippen LogP contribution in [0.1, 0.15) is 69.4 Å². The molecule has 0 bridgehead atoms. The largest absolute Gasteiger partial charge is 0.445 e. The topological polar surface area (TPSA) is 108 Å². The van der Waals surface area contributed by atoms with E-state index in [1.54, 1.807) is 29.2 Å². The van der Waals surface area contributed by atoms with Crippen LogP contribution in [0.2, 0.25) is 5.02 Å². The van der Waals surface area contributed by atoms with Gasteiger partial charge in [0, 0.05) is 24.5 Å². The minimum atomic E-state index is -0.798. The van der Waals surface area contributed by atoms with E-state index in [1.807, 2.05) is 37.3 Å². The van der Waals surface area contributed by atoms with Crippen LogP contribution in [-0.2, 0) is 27.4 Å². The molecule has 1 fully saturated rings. The van der Waals surface area contributed by atoms with Crippen LogP contribution in [0.15, 0.2) is 54.6 Å². The van der Waals surface area contributed by atoms with E-state index in [0.29, 0.717) is 36.9 Å². The van der Waals surface area contributed by atoms with Gasteiger partial charge in [0.25, 0.3) is 0 Å². The first kappa shape index (κ1) is 32.4. The number of benzene rings is 2. The molecule has 1 saturated carbocycles. The monoisotopic (exact) mass is 585 g/mol. The molecule has 41 heavy (non-hydrogen) atoms. The minimum absolute atomic E-state index is 0.0161. The van der Waals surface area contributed by atoms with Crippen molar-refractivity contribution in [2.45, 2.75) is 83.4 Å². The fourth-order valence-electron chi connectivity index (χ4n) is 5.28. The Morgan fingerprint density at radius 3 is 2.44 bits per heavy atom. The Morgan fingerprint density at radius 1 is 1.02 bits per heavy atom. The Morgan fingerprint density at radius 2 is 1.76 bits per heavy atom. The summed E-state index contributed by atoms with van der Waals surface area (Å²) in [7, 11) is 0. The van der Waals surface area contributed by atoms with Crippen molar-refractivity contribution in [3.63, 3.8) is 0 Å². The minimum Gasteiger partial charge on any atom is -0.445 e. The van der Waals surface area contributed by atoms with Crippen LogP contribution in [0.5, 0.6) is 0 Å². The number of hydrogen-bond acceptors (Lipinski definition) is 5. The lowest BCUT2D eigenvalue weighted by Gasteiger charge is -2.28. The third kappa shape index (κ3) is 11.7. The Bertz CT molecular complexity index is 1090. The summed E-state index contributed by atoms with van der Waals surface area (Å²) in [5, 5.41) is 16.1. The molecule has 0 aliphatic heterocycles. The van der Waals surface area contributed by atoms with Gasteiger partial charge < -0.3 is 25.4 Å². The van der Waals surface area contributed by atoms with Gasteiger partial charge in [0.2, 0.25) is 11.8 Å². The highest BCUT2D eigenvalue weighted by Gasteiger charge is 2.28. The molecule has 3 N–H and O–H groups in total. The summed E-state index contributed by atoms with van der Waals surface area (Å²) in [4.78, 5) is 40.7. The van der Waals surface area contributed by atoms with Crippen LogP contribution in [0.25, 0.3) is 0 Å². The van der Waals surface area contributed by atoms with Gasteiger partial charge >= 0.3 is 6.09 Å². The average Bonchev–Trinajstić information content (AvgIpc) is 2.99. The number of hydrogen-bond donors (Lipinski definition) is 3. The van der Waals surface area contributed by atoms with E-state index in [-0.39, 0.29) is 31.4 Å². The molecule has 8 nitrogen and oxygen atoms in total. The van der Waals surface area contributed by atoms with E-state index < -0.39 is 18.2 Å². The zero-order valence-electron chi connectivity index (χ0n) is 24.0. The summed E-state index contributed by atoms with van der Waals surface area (Å²) in [5.41, 5.74) is 1.91. The Balaban J connectivity index is 1.53. The average molecular weight is 586 g/mol. The van der Waals surface area contributed by atoms with Crippen molar-refractivity contribution in [2.75, 3.05) is 19.7 Å². The number of carbonyl (C=O) groups excluding carboxylic acids is 3. The summed E-state index contributed by atoms with van der Waals surface area (Å²) < 4.78 is 5.37. The second kappa shape index (κ2) is 17.7. The number of amides is 3. The number of nitrogens with one attached hydrogen (secondary N) is 2. The molecule has 224 valence electrons. The highest BCUT2D eigenvalue weighted by Crippen LogP contribution is 2.27. The molecule has 0 radical (unpaired) electrons. The van der Waals surface area contributed by atoms with Crippen LogP contribution in [0.3, 0.4) is 0 Å². The predicted octanol–water partition coefficient (Wildman–Crippen LogP) is 5.25. The Hall–Kier alpha value is -3.10. The fraction of sp³-hybridized carbons (Fsp3) is 0.531. The SMILES string of the molecule is CCN(CCc1ccccc1)C(=O)CC[C@@H](CO)NC(=O)[C@H](CC1CCCCC1)NC(=O)OCc1cccc(Cl)c1. The van der Waals surface area contributed by atoms with Gasteiger partial charge in [-0.25, -0.2) is 4.79 Å². The number of carbonyl (C=O) groups is 3. The molecule has 0 unspecified atom stereocenters. The summed E-state index contributed by atoms with van der Waals surface area (Å²) in [6.07, 6.45) is 6.51. The van der Waals surface area contributed by atoms with Crippen LogP contribution in [0.4, 0.5) is 4.79 Å². The lowest BCUT2D eigenvalue weighted by atomic mass is 9.84. The van der Waals surface area contributed by atoms with E-state index >= 15 is 0 Å². The van der Waals surface area contributed by atoms with Gasteiger partial charge in [-0.1, -0.05) is 86.2 Å². The molecular formula is C32H44ClN3O5. The first-order valence-corrected chi connectivity index (χ1v) is 15.2. The first-order valence-electron chi connectivity index (χ1n) is 14.8. The van der Waals surface area contributed by atoms with Crippen molar-refractivity contribution in [3.05, 3.63) is 70.7 Å². The van der Waals surface area contributed by atoms with Gasteiger partial charge in [0.1, 0.15) is 12.6 Å². The maximum Gasteiger partial charge on any atom is 0.408 e. The first-order chi connectivity index (χ1) is 19.9. The number of nitrogens with zero attached hydrogens (tertiary/aromatic N) is 1. The summed E-state index contributed by atoms with van der Waals surface area (Å²) in [6.45, 7) is 2.88. The van der Waals surface area contributed by atoms with Gasteiger partial charge in [0.15, 0.2) is 0 Å². The lowest BCUT2D eigenvalue weighted by Crippen LogP contribution is -2.51. The molecule has 2 aromatic carbocycles. The quantitative estimate of drug-likeness (QED) is 0.264. The zero-order valence-corrected chi connectivity index (χ0v) is 24.8. The van der Waals surface area contributed by atoms with Crippen molar-refractivity contribution in [1.29, 1.82) is 0 Å². The van der Waals surface area contributed by atoms with Crippen molar-refractivity contribution < 1.29 is 24.2 Å². The standard InChI is InChI=1S/C32H44ClN3O5/c1-2-36(19-18-24-10-5-3-6-11-24)30(38)17-16-28(22-37)34-31(39)29(21-25-12-7-4-8-13-25)35-32(40)41-23-26-14-9-15-27(33)20-26/h3,5-6,9-11,14-15,20,25,28-29,37H,2,4,7-8,12-13,16-19,21-23H2,1H3,(H,34,39)(H,35,40)/t28-,29-/m0/s1.